The maximum absolute atomic E-state index is 11.5. The minimum Gasteiger partial charge on any atom is -0.383 e. The molecular weight excluding hydrogens is 308 g/mol. The van der Waals surface area contributed by atoms with Gasteiger partial charge in [0.15, 0.2) is 5.16 Å². The Kier molecular flexibility index (Phi) is 5.27. The van der Waals surface area contributed by atoms with Gasteiger partial charge in [-0.25, -0.2) is 4.98 Å². The van der Waals surface area contributed by atoms with E-state index in [1.165, 1.54) is 17.8 Å². The van der Waals surface area contributed by atoms with Crippen molar-refractivity contribution < 1.29 is 0 Å². The lowest BCUT2D eigenvalue weighted by atomic mass is 10.0. The molecular formula is C14H17ClN4OS. The first-order valence-electron chi connectivity index (χ1n) is 6.54. The van der Waals surface area contributed by atoms with E-state index in [1.54, 1.807) is 0 Å². The van der Waals surface area contributed by atoms with Crippen molar-refractivity contribution in [2.75, 3.05) is 5.73 Å². The van der Waals surface area contributed by atoms with Gasteiger partial charge in [-0.3, -0.25) is 4.79 Å². The second kappa shape index (κ2) is 6.98. The first-order valence-corrected chi connectivity index (χ1v) is 7.80. The summed E-state index contributed by atoms with van der Waals surface area (Å²) in [6, 6.07) is 8.67. The summed E-state index contributed by atoms with van der Waals surface area (Å²) in [5.74, 6) is 0.196. The number of H-pyrrole nitrogens is 1. The fraction of sp³-hybridized carbons (Fsp3) is 0.286. The number of rotatable bonds is 5. The molecule has 0 bridgehead atoms. The van der Waals surface area contributed by atoms with E-state index in [2.05, 4.69) is 9.97 Å². The van der Waals surface area contributed by atoms with Gasteiger partial charge in [0.1, 0.15) is 5.82 Å². The van der Waals surface area contributed by atoms with Gasteiger partial charge in [0.25, 0.3) is 5.56 Å². The Morgan fingerprint density at radius 2 is 2.05 bits per heavy atom. The quantitative estimate of drug-likeness (QED) is 0.580. The number of halogens is 1. The van der Waals surface area contributed by atoms with E-state index in [4.69, 9.17) is 23.1 Å². The standard InChI is InChI=1S/C14H17ClN4OS/c1-2-10(16)13(8-3-5-9(15)6-4-8)21-14-18-11(17)7-12(20)19-14/h3-7,10,13H,2,16H2,1H3,(H3,17,18,19,20). The highest BCUT2D eigenvalue weighted by molar-refractivity contribution is 7.99. The molecule has 0 aliphatic carbocycles. The predicted octanol–water partition coefficient (Wildman–Crippen LogP) is 2.58. The third-order valence-electron chi connectivity index (χ3n) is 3.04. The van der Waals surface area contributed by atoms with Crippen molar-refractivity contribution in [3.8, 4) is 0 Å². The van der Waals surface area contributed by atoms with E-state index >= 15 is 0 Å². The Morgan fingerprint density at radius 1 is 1.38 bits per heavy atom. The summed E-state index contributed by atoms with van der Waals surface area (Å²) in [4.78, 5) is 18.3. The van der Waals surface area contributed by atoms with Crippen molar-refractivity contribution in [3.63, 3.8) is 0 Å². The van der Waals surface area contributed by atoms with Gasteiger partial charge >= 0.3 is 0 Å². The number of benzene rings is 1. The first-order chi connectivity index (χ1) is 9.99. The van der Waals surface area contributed by atoms with Crippen LogP contribution in [0.15, 0.2) is 40.3 Å². The number of anilines is 1. The van der Waals surface area contributed by atoms with Crippen LogP contribution in [-0.4, -0.2) is 16.0 Å². The number of nitrogens with one attached hydrogen (secondary N) is 1. The minimum absolute atomic E-state index is 0.0442. The van der Waals surface area contributed by atoms with E-state index in [1.807, 2.05) is 31.2 Å². The maximum atomic E-state index is 11.5. The van der Waals surface area contributed by atoms with Gasteiger partial charge in [-0.05, 0) is 24.1 Å². The first kappa shape index (κ1) is 15.9. The zero-order chi connectivity index (χ0) is 15.4. The van der Waals surface area contributed by atoms with E-state index in [9.17, 15) is 4.79 Å². The van der Waals surface area contributed by atoms with Crippen LogP contribution in [0.3, 0.4) is 0 Å². The highest BCUT2D eigenvalue weighted by Gasteiger charge is 2.21. The van der Waals surface area contributed by atoms with Crippen LogP contribution < -0.4 is 17.0 Å². The van der Waals surface area contributed by atoms with Crippen LogP contribution in [0, 0.1) is 0 Å². The molecule has 7 heteroatoms. The monoisotopic (exact) mass is 324 g/mol. The molecule has 1 aromatic carbocycles. The SMILES string of the molecule is CCC(N)C(Sc1nc(N)cc(=O)[nH]1)c1ccc(Cl)cc1. The molecule has 0 amide bonds. The smallest absolute Gasteiger partial charge is 0.253 e. The highest BCUT2D eigenvalue weighted by Crippen LogP contribution is 2.36. The Balaban J connectivity index is 2.32. The number of hydrogen-bond donors (Lipinski definition) is 3. The summed E-state index contributed by atoms with van der Waals surface area (Å²) in [5, 5.41) is 1.09. The molecule has 1 aromatic heterocycles. The average molecular weight is 325 g/mol. The second-order valence-corrected chi connectivity index (χ2v) is 6.20. The maximum Gasteiger partial charge on any atom is 0.253 e. The molecule has 2 aromatic rings. The highest BCUT2D eigenvalue weighted by atomic mass is 35.5. The van der Waals surface area contributed by atoms with Crippen molar-refractivity contribution in [2.24, 2.45) is 5.73 Å². The summed E-state index contributed by atoms with van der Waals surface area (Å²) < 4.78 is 0. The Morgan fingerprint density at radius 3 is 2.62 bits per heavy atom. The third kappa shape index (κ3) is 4.23. The van der Waals surface area contributed by atoms with Crippen molar-refractivity contribution in [1.82, 2.24) is 9.97 Å². The summed E-state index contributed by atoms with van der Waals surface area (Å²) in [5.41, 5.74) is 12.6. The topological polar surface area (TPSA) is 97.8 Å². The summed E-state index contributed by atoms with van der Waals surface area (Å²) in [6.45, 7) is 2.02. The van der Waals surface area contributed by atoms with E-state index in [0.29, 0.717) is 10.2 Å². The number of nitrogens with two attached hydrogens (primary N) is 2. The molecule has 112 valence electrons. The Hall–Kier alpha value is -1.50. The van der Waals surface area contributed by atoms with Crippen LogP contribution in [0.5, 0.6) is 0 Å². The third-order valence-corrected chi connectivity index (χ3v) is 4.58. The van der Waals surface area contributed by atoms with E-state index in [-0.39, 0.29) is 22.7 Å². The molecule has 2 rings (SSSR count). The lowest BCUT2D eigenvalue weighted by molar-refractivity contribution is 0.632. The molecule has 2 unspecified atom stereocenters. The molecule has 5 N–H and O–H groups in total. The lowest BCUT2D eigenvalue weighted by Crippen LogP contribution is -2.26. The lowest BCUT2D eigenvalue weighted by Gasteiger charge is -2.22. The van der Waals surface area contributed by atoms with Crippen molar-refractivity contribution in [1.29, 1.82) is 0 Å². The fourth-order valence-electron chi connectivity index (χ4n) is 1.90. The molecule has 0 aliphatic heterocycles. The number of thioether (sulfide) groups is 1. The second-order valence-electron chi connectivity index (χ2n) is 4.64. The number of aromatic nitrogens is 2. The summed E-state index contributed by atoms with van der Waals surface area (Å²) in [7, 11) is 0. The van der Waals surface area contributed by atoms with Crippen LogP contribution in [0.4, 0.5) is 5.82 Å². The van der Waals surface area contributed by atoms with Gasteiger partial charge in [-0.15, -0.1) is 0 Å². The van der Waals surface area contributed by atoms with E-state index < -0.39 is 0 Å². The molecule has 5 nitrogen and oxygen atoms in total. The summed E-state index contributed by atoms with van der Waals surface area (Å²) in [6.07, 6.45) is 0.798. The summed E-state index contributed by atoms with van der Waals surface area (Å²) >= 11 is 7.31. The molecule has 0 radical (unpaired) electrons. The van der Waals surface area contributed by atoms with Crippen LogP contribution in [0.2, 0.25) is 5.02 Å². The minimum atomic E-state index is -0.273. The van der Waals surface area contributed by atoms with Crippen molar-refractivity contribution >= 4 is 29.2 Å². The van der Waals surface area contributed by atoms with Crippen LogP contribution >= 0.6 is 23.4 Å². The fourth-order valence-corrected chi connectivity index (χ4v) is 3.24. The molecule has 2 atom stereocenters. The van der Waals surface area contributed by atoms with Gasteiger partial charge in [0.05, 0.1) is 5.25 Å². The van der Waals surface area contributed by atoms with E-state index in [0.717, 1.165) is 12.0 Å². The molecule has 0 aliphatic rings. The predicted molar refractivity (Wildman–Crippen MR) is 87.6 cm³/mol. The van der Waals surface area contributed by atoms with Crippen LogP contribution in [-0.2, 0) is 0 Å². The van der Waals surface area contributed by atoms with Gasteiger partial charge in [0, 0.05) is 17.1 Å². The number of nitrogens with zero attached hydrogens (tertiary/aromatic N) is 1. The number of aromatic amines is 1. The molecule has 0 saturated carbocycles. The van der Waals surface area contributed by atoms with Crippen LogP contribution in [0.1, 0.15) is 24.2 Å². The van der Waals surface area contributed by atoms with Gasteiger partial charge in [0.2, 0.25) is 0 Å². The molecule has 21 heavy (non-hydrogen) atoms. The van der Waals surface area contributed by atoms with Crippen molar-refractivity contribution in [2.45, 2.75) is 29.8 Å². The molecule has 0 saturated heterocycles. The zero-order valence-electron chi connectivity index (χ0n) is 11.5. The van der Waals surface area contributed by atoms with Gasteiger partial charge < -0.3 is 16.5 Å². The number of hydrogen-bond acceptors (Lipinski definition) is 5. The molecule has 1 heterocycles. The average Bonchev–Trinajstić information content (AvgIpc) is 2.44. The Labute approximate surface area is 132 Å². The van der Waals surface area contributed by atoms with Gasteiger partial charge in [-0.1, -0.05) is 42.4 Å². The molecule has 0 fully saturated rings. The van der Waals surface area contributed by atoms with Gasteiger partial charge in [-0.2, -0.15) is 0 Å². The molecule has 0 spiro atoms. The van der Waals surface area contributed by atoms with Crippen LogP contribution in [0.25, 0.3) is 0 Å². The largest absolute Gasteiger partial charge is 0.383 e. The zero-order valence-corrected chi connectivity index (χ0v) is 13.1. The Bertz CT molecular complexity index is 659. The van der Waals surface area contributed by atoms with Crippen molar-refractivity contribution in [3.05, 3.63) is 51.3 Å². The normalized spacial score (nSPS) is 13.9. The number of nitrogen functional groups attached to an aromatic ring is 1.